The van der Waals surface area contributed by atoms with E-state index in [1.807, 2.05) is 17.8 Å². The van der Waals surface area contributed by atoms with Crippen molar-refractivity contribution in [3.63, 3.8) is 0 Å². The molecular formula is C13H15FN2S. The van der Waals surface area contributed by atoms with Crippen LogP contribution in [-0.4, -0.2) is 11.5 Å². The zero-order valence-electron chi connectivity index (χ0n) is 9.69. The summed E-state index contributed by atoms with van der Waals surface area (Å²) in [6.45, 7) is 2.96. The topological polar surface area (TPSA) is 24.9 Å². The summed E-state index contributed by atoms with van der Waals surface area (Å²) in [5, 5.41) is 3.40. The maximum Gasteiger partial charge on any atom is 0.123 e. The molecule has 0 bridgehead atoms. The Morgan fingerprint density at radius 2 is 2.35 bits per heavy atom. The lowest BCUT2D eigenvalue weighted by atomic mass is 10.0. The first kappa shape index (κ1) is 12.2. The third-order valence-electron chi connectivity index (χ3n) is 2.57. The number of benzene rings is 1. The van der Waals surface area contributed by atoms with Gasteiger partial charge < -0.3 is 5.32 Å². The van der Waals surface area contributed by atoms with E-state index in [1.54, 1.807) is 23.5 Å². The molecule has 0 saturated carbocycles. The summed E-state index contributed by atoms with van der Waals surface area (Å²) in [6, 6.07) is 6.98. The molecule has 0 fully saturated rings. The van der Waals surface area contributed by atoms with Crippen LogP contribution in [0, 0.1) is 5.82 Å². The van der Waals surface area contributed by atoms with Crippen molar-refractivity contribution >= 4 is 11.3 Å². The highest BCUT2D eigenvalue weighted by Crippen LogP contribution is 2.21. The minimum atomic E-state index is -0.179. The number of rotatable bonds is 5. The van der Waals surface area contributed by atoms with Crippen molar-refractivity contribution in [2.45, 2.75) is 19.4 Å². The molecule has 17 heavy (non-hydrogen) atoms. The molecule has 0 aliphatic carbocycles. The Kier molecular flexibility index (Phi) is 4.23. The Morgan fingerprint density at radius 1 is 1.47 bits per heavy atom. The Morgan fingerprint density at radius 3 is 3.00 bits per heavy atom. The second kappa shape index (κ2) is 5.89. The summed E-state index contributed by atoms with van der Waals surface area (Å²) >= 11 is 1.63. The van der Waals surface area contributed by atoms with E-state index in [9.17, 15) is 4.39 Å². The molecule has 0 aliphatic rings. The van der Waals surface area contributed by atoms with Gasteiger partial charge in [-0.2, -0.15) is 0 Å². The number of nitrogens with one attached hydrogen (secondary N) is 1. The van der Waals surface area contributed by atoms with Crippen LogP contribution in [0.25, 0.3) is 0 Å². The van der Waals surface area contributed by atoms with Crippen LogP contribution in [0.3, 0.4) is 0 Å². The molecule has 4 heteroatoms. The van der Waals surface area contributed by atoms with Gasteiger partial charge in [0.05, 0.1) is 5.51 Å². The van der Waals surface area contributed by atoms with Crippen molar-refractivity contribution in [2.24, 2.45) is 0 Å². The van der Waals surface area contributed by atoms with Crippen LogP contribution >= 0.6 is 11.3 Å². The quantitative estimate of drug-likeness (QED) is 0.881. The minimum absolute atomic E-state index is 0.179. The zero-order valence-corrected chi connectivity index (χ0v) is 10.5. The Bertz CT molecular complexity index is 456. The summed E-state index contributed by atoms with van der Waals surface area (Å²) < 4.78 is 13.1. The second-order valence-electron chi connectivity index (χ2n) is 3.85. The van der Waals surface area contributed by atoms with Crippen molar-refractivity contribution in [1.29, 1.82) is 0 Å². The van der Waals surface area contributed by atoms with E-state index in [2.05, 4.69) is 17.2 Å². The Labute approximate surface area is 105 Å². The standard InChI is InChI=1S/C13H15FN2S/c1-2-16-12(13-8-15-9-17-13)7-10-4-3-5-11(14)6-10/h3-6,8-9,12,16H,2,7H2,1H3. The van der Waals surface area contributed by atoms with E-state index >= 15 is 0 Å². The van der Waals surface area contributed by atoms with E-state index in [4.69, 9.17) is 0 Å². The molecule has 0 aliphatic heterocycles. The van der Waals surface area contributed by atoms with Gasteiger partial charge in [0.25, 0.3) is 0 Å². The predicted molar refractivity (Wildman–Crippen MR) is 68.6 cm³/mol. The number of halogens is 1. The average Bonchev–Trinajstić information content (AvgIpc) is 2.82. The van der Waals surface area contributed by atoms with E-state index in [-0.39, 0.29) is 11.9 Å². The second-order valence-corrected chi connectivity index (χ2v) is 4.77. The highest BCUT2D eigenvalue weighted by atomic mass is 32.1. The van der Waals surface area contributed by atoms with E-state index in [0.717, 1.165) is 18.5 Å². The molecule has 0 amide bonds. The molecule has 2 rings (SSSR count). The first-order valence-electron chi connectivity index (χ1n) is 5.66. The van der Waals surface area contributed by atoms with Gasteiger partial charge in [0.15, 0.2) is 0 Å². The van der Waals surface area contributed by atoms with Gasteiger partial charge in [0.2, 0.25) is 0 Å². The fourth-order valence-electron chi connectivity index (χ4n) is 1.82. The summed E-state index contributed by atoms with van der Waals surface area (Å²) in [7, 11) is 0. The maximum atomic E-state index is 13.1. The van der Waals surface area contributed by atoms with Gasteiger partial charge in [-0.25, -0.2) is 4.39 Å². The summed E-state index contributed by atoms with van der Waals surface area (Å²) in [4.78, 5) is 5.28. The minimum Gasteiger partial charge on any atom is -0.309 e. The van der Waals surface area contributed by atoms with Crippen molar-refractivity contribution < 1.29 is 4.39 Å². The molecule has 1 aromatic heterocycles. The smallest absolute Gasteiger partial charge is 0.123 e. The summed E-state index contributed by atoms with van der Waals surface area (Å²) in [5.74, 6) is -0.179. The number of hydrogen-bond acceptors (Lipinski definition) is 3. The summed E-state index contributed by atoms with van der Waals surface area (Å²) in [5.41, 5.74) is 2.83. The van der Waals surface area contributed by atoms with Gasteiger partial charge in [-0.1, -0.05) is 19.1 Å². The zero-order chi connectivity index (χ0) is 12.1. The van der Waals surface area contributed by atoms with Crippen LogP contribution in [-0.2, 0) is 6.42 Å². The van der Waals surface area contributed by atoms with E-state index in [0.29, 0.717) is 0 Å². The molecule has 2 aromatic rings. The fourth-order valence-corrected chi connectivity index (χ4v) is 2.51. The first-order chi connectivity index (χ1) is 8.29. The molecular weight excluding hydrogens is 235 g/mol. The van der Waals surface area contributed by atoms with Crippen molar-refractivity contribution in [3.05, 3.63) is 52.2 Å². The molecule has 90 valence electrons. The van der Waals surface area contributed by atoms with Crippen LogP contribution in [0.4, 0.5) is 4.39 Å². The van der Waals surface area contributed by atoms with Gasteiger partial charge in [-0.05, 0) is 30.7 Å². The number of aromatic nitrogens is 1. The molecule has 1 heterocycles. The third kappa shape index (κ3) is 3.35. The maximum absolute atomic E-state index is 13.1. The molecule has 1 aromatic carbocycles. The van der Waals surface area contributed by atoms with E-state index < -0.39 is 0 Å². The third-order valence-corrected chi connectivity index (χ3v) is 3.46. The first-order valence-corrected chi connectivity index (χ1v) is 6.53. The fraction of sp³-hybridized carbons (Fsp3) is 0.308. The average molecular weight is 250 g/mol. The molecule has 0 saturated heterocycles. The van der Waals surface area contributed by atoms with Gasteiger partial charge in [0, 0.05) is 17.1 Å². The number of thiazole rings is 1. The normalized spacial score (nSPS) is 12.6. The number of likely N-dealkylation sites (N-methyl/N-ethyl adjacent to an activating group) is 1. The van der Waals surface area contributed by atoms with Gasteiger partial charge >= 0.3 is 0 Å². The number of nitrogens with zero attached hydrogens (tertiary/aromatic N) is 1. The van der Waals surface area contributed by atoms with Crippen LogP contribution in [0.15, 0.2) is 36.0 Å². The summed E-state index contributed by atoms with van der Waals surface area (Å²) in [6.07, 6.45) is 2.66. The van der Waals surface area contributed by atoms with Gasteiger partial charge in [-0.15, -0.1) is 11.3 Å². The molecule has 1 N–H and O–H groups in total. The molecule has 1 unspecified atom stereocenters. The van der Waals surface area contributed by atoms with Crippen LogP contribution in [0.2, 0.25) is 0 Å². The Balaban J connectivity index is 2.13. The Hall–Kier alpha value is -1.26. The van der Waals surface area contributed by atoms with Crippen molar-refractivity contribution in [3.8, 4) is 0 Å². The van der Waals surface area contributed by atoms with Crippen LogP contribution < -0.4 is 5.32 Å². The lowest BCUT2D eigenvalue weighted by molar-refractivity contribution is 0.554. The SMILES string of the molecule is CCNC(Cc1cccc(F)c1)c1cncs1. The van der Waals surface area contributed by atoms with Crippen LogP contribution in [0.5, 0.6) is 0 Å². The molecule has 2 nitrogen and oxygen atoms in total. The van der Waals surface area contributed by atoms with E-state index in [1.165, 1.54) is 10.9 Å². The lowest BCUT2D eigenvalue weighted by Gasteiger charge is -2.15. The highest BCUT2D eigenvalue weighted by molar-refractivity contribution is 7.09. The lowest BCUT2D eigenvalue weighted by Crippen LogP contribution is -2.22. The monoisotopic (exact) mass is 250 g/mol. The van der Waals surface area contributed by atoms with Gasteiger partial charge in [-0.3, -0.25) is 4.98 Å². The predicted octanol–water partition coefficient (Wildman–Crippen LogP) is 3.18. The highest BCUT2D eigenvalue weighted by Gasteiger charge is 2.12. The molecule has 0 spiro atoms. The van der Waals surface area contributed by atoms with Crippen LogP contribution in [0.1, 0.15) is 23.4 Å². The van der Waals surface area contributed by atoms with Crippen molar-refractivity contribution in [2.75, 3.05) is 6.54 Å². The van der Waals surface area contributed by atoms with Crippen molar-refractivity contribution in [1.82, 2.24) is 10.3 Å². The molecule has 1 atom stereocenters. The molecule has 0 radical (unpaired) electrons. The van der Waals surface area contributed by atoms with Gasteiger partial charge in [0.1, 0.15) is 5.82 Å². The largest absolute Gasteiger partial charge is 0.309 e. The number of hydrogen-bond donors (Lipinski definition) is 1.